The van der Waals surface area contributed by atoms with Crippen LogP contribution < -0.4 is 15.4 Å². The Kier molecular flexibility index (Phi) is 4.92. The van der Waals surface area contributed by atoms with Crippen LogP contribution in [0.1, 0.15) is 6.42 Å². The number of anilines is 1. The van der Waals surface area contributed by atoms with E-state index < -0.39 is 36.8 Å². The Labute approximate surface area is 125 Å². The van der Waals surface area contributed by atoms with Crippen molar-refractivity contribution in [3.8, 4) is 5.75 Å². The average Bonchev–Trinajstić information content (AvgIpc) is 2.86. The summed E-state index contributed by atoms with van der Waals surface area (Å²) in [6.07, 6.45) is -0.515. The number of nitrogens with one attached hydrogen (secondary N) is 2. The number of ether oxygens (including phenoxy) is 2. The van der Waals surface area contributed by atoms with Gasteiger partial charge in [-0.15, -0.1) is 0 Å². The van der Waals surface area contributed by atoms with Crippen molar-refractivity contribution in [1.29, 1.82) is 0 Å². The predicted octanol–water partition coefficient (Wildman–Crippen LogP) is 1.17. The van der Waals surface area contributed by atoms with Crippen molar-refractivity contribution in [2.75, 3.05) is 25.6 Å². The van der Waals surface area contributed by atoms with Crippen LogP contribution in [-0.2, 0) is 14.3 Å². The second-order valence-corrected chi connectivity index (χ2v) is 4.87. The minimum absolute atomic E-state index is 0.219. The van der Waals surface area contributed by atoms with Gasteiger partial charge in [-0.05, 0) is 24.3 Å². The highest BCUT2D eigenvalue weighted by Crippen LogP contribution is 2.26. The standard InChI is InChI=1S/C14H16F2N2O4/c1-21-12(19)7-22-10-4-2-9(3-5-10)18-13(20)11-6-14(15,16)8-17-11/h2-5,11,17H,6-8H2,1H3,(H,18,20). The van der Waals surface area contributed by atoms with E-state index in [0.29, 0.717) is 11.4 Å². The van der Waals surface area contributed by atoms with Crippen LogP contribution in [0.2, 0.25) is 0 Å². The molecule has 22 heavy (non-hydrogen) atoms. The second kappa shape index (κ2) is 6.69. The number of amides is 1. The van der Waals surface area contributed by atoms with E-state index in [4.69, 9.17) is 4.74 Å². The van der Waals surface area contributed by atoms with Gasteiger partial charge in [0.25, 0.3) is 5.92 Å². The molecule has 1 atom stereocenters. The lowest BCUT2D eigenvalue weighted by Crippen LogP contribution is -2.35. The average molecular weight is 314 g/mol. The smallest absolute Gasteiger partial charge is 0.343 e. The molecule has 8 heteroatoms. The number of carbonyl (C=O) groups excluding carboxylic acids is 2. The summed E-state index contributed by atoms with van der Waals surface area (Å²) >= 11 is 0. The largest absolute Gasteiger partial charge is 0.482 e. The van der Waals surface area contributed by atoms with Gasteiger partial charge < -0.3 is 14.8 Å². The summed E-state index contributed by atoms with van der Waals surface area (Å²) < 4.78 is 35.6. The first-order valence-electron chi connectivity index (χ1n) is 6.61. The van der Waals surface area contributed by atoms with Gasteiger partial charge in [-0.1, -0.05) is 0 Å². The van der Waals surface area contributed by atoms with Crippen LogP contribution in [0.25, 0.3) is 0 Å². The third-order valence-electron chi connectivity index (χ3n) is 3.13. The minimum Gasteiger partial charge on any atom is -0.482 e. The van der Waals surface area contributed by atoms with Crippen LogP contribution in [0.4, 0.5) is 14.5 Å². The number of carbonyl (C=O) groups is 2. The fraction of sp³-hybridized carbons (Fsp3) is 0.429. The van der Waals surface area contributed by atoms with Gasteiger partial charge in [0.1, 0.15) is 5.75 Å². The van der Waals surface area contributed by atoms with E-state index in [9.17, 15) is 18.4 Å². The number of hydrogen-bond acceptors (Lipinski definition) is 5. The monoisotopic (exact) mass is 314 g/mol. The van der Waals surface area contributed by atoms with E-state index in [0.717, 1.165) is 0 Å². The zero-order valence-electron chi connectivity index (χ0n) is 11.9. The molecule has 1 aromatic rings. The number of benzene rings is 1. The zero-order chi connectivity index (χ0) is 16.2. The van der Waals surface area contributed by atoms with Gasteiger partial charge >= 0.3 is 5.97 Å². The molecule has 0 spiro atoms. The Morgan fingerprint density at radius 1 is 1.36 bits per heavy atom. The first-order chi connectivity index (χ1) is 10.4. The fourth-order valence-electron chi connectivity index (χ4n) is 1.97. The van der Waals surface area contributed by atoms with Gasteiger partial charge in [-0.25, -0.2) is 13.6 Å². The van der Waals surface area contributed by atoms with Gasteiger partial charge in [0.05, 0.1) is 19.7 Å². The molecule has 2 rings (SSSR count). The Morgan fingerprint density at radius 2 is 2.05 bits per heavy atom. The maximum atomic E-state index is 13.0. The Morgan fingerprint density at radius 3 is 2.59 bits per heavy atom. The Bertz CT molecular complexity index is 548. The highest BCUT2D eigenvalue weighted by molar-refractivity contribution is 5.95. The molecule has 120 valence electrons. The summed E-state index contributed by atoms with van der Waals surface area (Å²) in [4.78, 5) is 22.8. The van der Waals surface area contributed by atoms with E-state index in [2.05, 4.69) is 15.4 Å². The molecule has 0 radical (unpaired) electrons. The number of esters is 1. The van der Waals surface area contributed by atoms with Crippen molar-refractivity contribution in [2.45, 2.75) is 18.4 Å². The predicted molar refractivity (Wildman–Crippen MR) is 73.9 cm³/mol. The normalized spacial score (nSPS) is 19.5. The SMILES string of the molecule is COC(=O)COc1ccc(NC(=O)C2CC(F)(F)CN2)cc1. The minimum atomic E-state index is -2.85. The van der Waals surface area contributed by atoms with Crippen molar-refractivity contribution in [1.82, 2.24) is 5.32 Å². The summed E-state index contributed by atoms with van der Waals surface area (Å²) in [5.41, 5.74) is 0.451. The van der Waals surface area contributed by atoms with Gasteiger partial charge in [-0.2, -0.15) is 0 Å². The van der Waals surface area contributed by atoms with Gasteiger partial charge in [0, 0.05) is 12.1 Å². The van der Waals surface area contributed by atoms with Crippen LogP contribution in [0, 0.1) is 0 Å². The number of methoxy groups -OCH3 is 1. The molecule has 0 aromatic heterocycles. The molecule has 2 N–H and O–H groups in total. The molecule has 1 saturated heterocycles. The van der Waals surface area contributed by atoms with Crippen molar-refractivity contribution < 1.29 is 27.8 Å². The third kappa shape index (κ3) is 4.39. The van der Waals surface area contributed by atoms with Crippen molar-refractivity contribution in [2.24, 2.45) is 0 Å². The van der Waals surface area contributed by atoms with Crippen LogP contribution in [0.3, 0.4) is 0 Å². The molecule has 1 heterocycles. The molecule has 0 bridgehead atoms. The molecule has 6 nitrogen and oxygen atoms in total. The molecule has 1 amide bonds. The van der Waals surface area contributed by atoms with E-state index in [1.807, 2.05) is 0 Å². The van der Waals surface area contributed by atoms with Crippen LogP contribution >= 0.6 is 0 Å². The summed E-state index contributed by atoms with van der Waals surface area (Å²) in [7, 11) is 1.25. The lowest BCUT2D eigenvalue weighted by atomic mass is 10.2. The zero-order valence-corrected chi connectivity index (χ0v) is 11.9. The van der Waals surface area contributed by atoms with Crippen molar-refractivity contribution in [3.63, 3.8) is 0 Å². The Hall–Kier alpha value is -2.22. The summed E-state index contributed by atoms with van der Waals surface area (Å²) in [5, 5.41) is 5.02. The molecular formula is C14H16F2N2O4. The molecule has 0 aliphatic carbocycles. The van der Waals surface area contributed by atoms with E-state index >= 15 is 0 Å². The van der Waals surface area contributed by atoms with Crippen LogP contribution in [-0.4, -0.2) is 44.1 Å². The molecule has 0 saturated carbocycles. The number of alkyl halides is 2. The second-order valence-electron chi connectivity index (χ2n) is 4.87. The molecular weight excluding hydrogens is 298 g/mol. The first kappa shape index (κ1) is 16.2. The molecule has 1 fully saturated rings. The lowest BCUT2D eigenvalue weighted by molar-refractivity contribution is -0.142. The molecule has 1 aromatic carbocycles. The third-order valence-corrected chi connectivity index (χ3v) is 3.13. The quantitative estimate of drug-likeness (QED) is 0.798. The van der Waals surface area contributed by atoms with Gasteiger partial charge in [0.2, 0.25) is 5.91 Å². The molecule has 1 aliphatic rings. The molecule has 1 aliphatic heterocycles. The van der Waals surface area contributed by atoms with Crippen molar-refractivity contribution in [3.05, 3.63) is 24.3 Å². The first-order valence-corrected chi connectivity index (χ1v) is 6.61. The Balaban J connectivity index is 1.86. The summed E-state index contributed by atoms with van der Waals surface area (Å²) in [6.45, 7) is -0.714. The maximum absolute atomic E-state index is 13.0. The van der Waals surface area contributed by atoms with Crippen LogP contribution in [0.5, 0.6) is 5.75 Å². The van der Waals surface area contributed by atoms with Gasteiger partial charge in [-0.3, -0.25) is 10.1 Å². The highest BCUT2D eigenvalue weighted by atomic mass is 19.3. The maximum Gasteiger partial charge on any atom is 0.343 e. The summed E-state index contributed by atoms with van der Waals surface area (Å²) in [6, 6.07) is 5.30. The van der Waals surface area contributed by atoms with E-state index in [1.54, 1.807) is 24.3 Å². The number of hydrogen-bond donors (Lipinski definition) is 2. The lowest BCUT2D eigenvalue weighted by Gasteiger charge is -2.12. The number of halogens is 2. The van der Waals surface area contributed by atoms with E-state index in [-0.39, 0.29) is 6.61 Å². The van der Waals surface area contributed by atoms with Gasteiger partial charge in [0.15, 0.2) is 6.61 Å². The number of rotatable bonds is 5. The topological polar surface area (TPSA) is 76.7 Å². The van der Waals surface area contributed by atoms with Crippen LogP contribution in [0.15, 0.2) is 24.3 Å². The fourth-order valence-corrected chi connectivity index (χ4v) is 1.97. The highest BCUT2D eigenvalue weighted by Gasteiger charge is 2.42. The molecule has 1 unspecified atom stereocenters. The van der Waals surface area contributed by atoms with E-state index in [1.165, 1.54) is 7.11 Å². The summed E-state index contributed by atoms with van der Waals surface area (Å²) in [5.74, 6) is -3.45. The van der Waals surface area contributed by atoms with Crippen molar-refractivity contribution >= 4 is 17.6 Å².